The molecule has 0 unspecified atom stereocenters. The minimum atomic E-state index is 0.243. The highest BCUT2D eigenvalue weighted by molar-refractivity contribution is 7.12. The molecule has 0 radical (unpaired) electrons. The van der Waals surface area contributed by atoms with Crippen molar-refractivity contribution in [2.24, 2.45) is 0 Å². The zero-order chi connectivity index (χ0) is 12.3. The van der Waals surface area contributed by atoms with Crippen LogP contribution in [0.4, 0.5) is 0 Å². The van der Waals surface area contributed by atoms with E-state index in [0.717, 1.165) is 17.0 Å². The summed E-state index contributed by atoms with van der Waals surface area (Å²) in [5, 5.41) is 2.01. The molecule has 0 bridgehead atoms. The molecule has 1 aromatic heterocycles. The highest BCUT2D eigenvalue weighted by Crippen LogP contribution is 2.26. The van der Waals surface area contributed by atoms with Crippen LogP contribution in [-0.2, 0) is 0 Å². The topological polar surface area (TPSA) is 20.3 Å². The molecule has 3 heteroatoms. The van der Waals surface area contributed by atoms with Gasteiger partial charge in [0.2, 0.25) is 0 Å². The molecule has 0 N–H and O–H groups in total. The van der Waals surface area contributed by atoms with Crippen LogP contribution in [0.2, 0.25) is 0 Å². The minimum Gasteiger partial charge on any atom is -0.335 e. The Bertz CT molecular complexity index is 379. The Kier molecular flexibility index (Phi) is 4.21. The summed E-state index contributed by atoms with van der Waals surface area (Å²) in [7, 11) is 0. The number of hydrogen-bond donors (Lipinski definition) is 0. The predicted molar refractivity (Wildman–Crippen MR) is 72.6 cm³/mol. The van der Waals surface area contributed by atoms with Gasteiger partial charge in [-0.25, -0.2) is 0 Å². The summed E-state index contributed by atoms with van der Waals surface area (Å²) in [6, 6.07) is 2.51. The Morgan fingerprint density at radius 1 is 1.41 bits per heavy atom. The molecule has 1 amide bonds. The average molecular weight is 251 g/mol. The third-order valence-electron chi connectivity index (χ3n) is 3.67. The Morgan fingerprint density at radius 2 is 2.12 bits per heavy atom. The summed E-state index contributed by atoms with van der Waals surface area (Å²) in [4.78, 5) is 15.5. The molecule has 1 aliphatic carbocycles. The molecule has 0 aliphatic heterocycles. The third-order valence-corrected chi connectivity index (χ3v) is 4.68. The van der Waals surface area contributed by atoms with Gasteiger partial charge in [-0.2, -0.15) is 0 Å². The molecule has 1 heterocycles. The van der Waals surface area contributed by atoms with E-state index >= 15 is 0 Å². The van der Waals surface area contributed by atoms with E-state index in [1.54, 1.807) is 11.3 Å². The van der Waals surface area contributed by atoms with Crippen molar-refractivity contribution >= 4 is 17.2 Å². The van der Waals surface area contributed by atoms with Crippen LogP contribution in [0, 0.1) is 6.92 Å². The molecular formula is C14H21NOS. The molecule has 1 aliphatic rings. The average Bonchev–Trinajstić information content (AvgIpc) is 2.77. The normalized spacial score (nSPS) is 17.1. The number of carbonyl (C=O) groups excluding carboxylic acids is 1. The van der Waals surface area contributed by atoms with Gasteiger partial charge in [0.25, 0.3) is 5.91 Å². The second-order valence-corrected chi connectivity index (χ2v) is 5.73. The van der Waals surface area contributed by atoms with Gasteiger partial charge in [0.15, 0.2) is 0 Å². The molecule has 17 heavy (non-hydrogen) atoms. The van der Waals surface area contributed by atoms with Crippen molar-refractivity contribution in [3.8, 4) is 0 Å². The number of hydrogen-bond acceptors (Lipinski definition) is 2. The maximum atomic E-state index is 12.5. The van der Waals surface area contributed by atoms with Crippen molar-refractivity contribution in [1.82, 2.24) is 4.90 Å². The Hall–Kier alpha value is -0.830. The zero-order valence-corrected chi connectivity index (χ0v) is 11.6. The van der Waals surface area contributed by atoms with E-state index in [2.05, 4.69) is 11.8 Å². The van der Waals surface area contributed by atoms with Crippen molar-refractivity contribution in [2.75, 3.05) is 6.54 Å². The van der Waals surface area contributed by atoms with Gasteiger partial charge in [-0.05, 0) is 43.7 Å². The molecule has 1 fully saturated rings. The van der Waals surface area contributed by atoms with Crippen LogP contribution in [0.3, 0.4) is 0 Å². The van der Waals surface area contributed by atoms with Crippen molar-refractivity contribution in [2.45, 2.75) is 52.0 Å². The first-order chi connectivity index (χ1) is 8.24. The number of thiophene rings is 1. The Morgan fingerprint density at radius 3 is 2.65 bits per heavy atom. The lowest BCUT2D eigenvalue weighted by molar-refractivity contribution is 0.0652. The van der Waals surface area contributed by atoms with Crippen LogP contribution in [0.1, 0.15) is 54.3 Å². The molecule has 2 nitrogen and oxygen atoms in total. The van der Waals surface area contributed by atoms with Gasteiger partial charge in [-0.1, -0.05) is 19.3 Å². The molecule has 2 rings (SSSR count). The van der Waals surface area contributed by atoms with E-state index in [1.165, 1.54) is 32.1 Å². The molecule has 0 atom stereocenters. The molecule has 1 aromatic rings. The number of amides is 1. The van der Waals surface area contributed by atoms with Crippen LogP contribution in [0.25, 0.3) is 0 Å². The number of carbonyl (C=O) groups is 1. The van der Waals surface area contributed by atoms with E-state index in [0.29, 0.717) is 6.04 Å². The summed E-state index contributed by atoms with van der Waals surface area (Å²) in [5.41, 5.74) is 1.12. The van der Waals surface area contributed by atoms with E-state index in [9.17, 15) is 4.79 Å². The lowest BCUT2D eigenvalue weighted by Crippen LogP contribution is -2.41. The van der Waals surface area contributed by atoms with E-state index in [1.807, 2.05) is 18.4 Å². The summed E-state index contributed by atoms with van der Waals surface area (Å²) in [6.45, 7) is 4.95. The minimum absolute atomic E-state index is 0.243. The molecular weight excluding hydrogens is 230 g/mol. The second-order valence-electron chi connectivity index (χ2n) is 4.82. The summed E-state index contributed by atoms with van der Waals surface area (Å²) < 4.78 is 0. The highest BCUT2D eigenvalue weighted by atomic mass is 32.1. The van der Waals surface area contributed by atoms with Gasteiger partial charge in [0.05, 0.1) is 4.88 Å². The summed E-state index contributed by atoms with van der Waals surface area (Å²) in [6.07, 6.45) is 6.25. The molecule has 0 spiro atoms. The first-order valence-electron chi connectivity index (χ1n) is 6.59. The van der Waals surface area contributed by atoms with Gasteiger partial charge in [0.1, 0.15) is 0 Å². The quantitative estimate of drug-likeness (QED) is 0.799. The fourth-order valence-corrected chi connectivity index (χ4v) is 3.56. The van der Waals surface area contributed by atoms with Gasteiger partial charge in [-0.3, -0.25) is 4.79 Å². The lowest BCUT2D eigenvalue weighted by Gasteiger charge is -2.33. The van der Waals surface area contributed by atoms with Crippen molar-refractivity contribution in [1.29, 1.82) is 0 Å². The van der Waals surface area contributed by atoms with Crippen LogP contribution in [0.15, 0.2) is 11.4 Å². The van der Waals surface area contributed by atoms with Gasteiger partial charge < -0.3 is 4.90 Å². The third kappa shape index (κ3) is 2.71. The maximum absolute atomic E-state index is 12.5. The standard InChI is InChI=1S/C14H21NOS/c1-3-15(12-7-5-4-6-8-12)14(16)13-11(2)9-10-17-13/h9-10,12H,3-8H2,1-2H3. The van der Waals surface area contributed by atoms with Crippen LogP contribution < -0.4 is 0 Å². The van der Waals surface area contributed by atoms with Crippen molar-refractivity contribution < 1.29 is 4.79 Å². The van der Waals surface area contributed by atoms with Crippen molar-refractivity contribution in [3.63, 3.8) is 0 Å². The molecule has 94 valence electrons. The lowest BCUT2D eigenvalue weighted by atomic mass is 9.94. The number of nitrogens with zero attached hydrogens (tertiary/aromatic N) is 1. The van der Waals surface area contributed by atoms with E-state index < -0.39 is 0 Å². The monoisotopic (exact) mass is 251 g/mol. The number of rotatable bonds is 3. The fourth-order valence-electron chi connectivity index (χ4n) is 2.68. The highest BCUT2D eigenvalue weighted by Gasteiger charge is 2.26. The van der Waals surface area contributed by atoms with Crippen LogP contribution in [0.5, 0.6) is 0 Å². The fraction of sp³-hybridized carbons (Fsp3) is 0.643. The smallest absolute Gasteiger partial charge is 0.264 e. The van der Waals surface area contributed by atoms with Crippen LogP contribution in [-0.4, -0.2) is 23.4 Å². The van der Waals surface area contributed by atoms with Crippen LogP contribution >= 0.6 is 11.3 Å². The van der Waals surface area contributed by atoms with Gasteiger partial charge in [0, 0.05) is 12.6 Å². The van der Waals surface area contributed by atoms with Gasteiger partial charge in [-0.15, -0.1) is 11.3 Å². The zero-order valence-electron chi connectivity index (χ0n) is 10.7. The van der Waals surface area contributed by atoms with E-state index in [4.69, 9.17) is 0 Å². The maximum Gasteiger partial charge on any atom is 0.264 e. The first kappa shape index (κ1) is 12.6. The summed E-state index contributed by atoms with van der Waals surface area (Å²) >= 11 is 1.57. The summed E-state index contributed by atoms with van der Waals surface area (Å²) in [5.74, 6) is 0.243. The van der Waals surface area contributed by atoms with Gasteiger partial charge >= 0.3 is 0 Å². The molecule has 1 saturated carbocycles. The molecule has 0 aromatic carbocycles. The number of aryl methyl sites for hydroxylation is 1. The SMILES string of the molecule is CCN(C(=O)c1sccc1C)C1CCCCC1. The second kappa shape index (κ2) is 5.67. The van der Waals surface area contributed by atoms with E-state index in [-0.39, 0.29) is 5.91 Å². The predicted octanol–water partition coefficient (Wildman–Crippen LogP) is 3.85. The largest absolute Gasteiger partial charge is 0.335 e. The van der Waals surface area contributed by atoms with Crippen molar-refractivity contribution in [3.05, 3.63) is 21.9 Å². The Balaban J connectivity index is 2.12. The first-order valence-corrected chi connectivity index (χ1v) is 7.47. The molecule has 0 saturated heterocycles. The Labute approximate surface area is 108 Å².